The van der Waals surface area contributed by atoms with E-state index in [2.05, 4.69) is 48.5 Å². The molecule has 0 spiro atoms. The second kappa shape index (κ2) is 15.2. The molecule has 8 aromatic carbocycles. The van der Waals surface area contributed by atoms with E-state index in [4.69, 9.17) is 9.47 Å². The molecule has 6 nitrogen and oxygen atoms in total. The number of fused-ring (bicyclic) bond motifs is 6. The Morgan fingerprint density at radius 2 is 0.810 bits per heavy atom. The van der Waals surface area contributed by atoms with Crippen LogP contribution >= 0.6 is 47.0 Å². The van der Waals surface area contributed by atoms with Crippen LogP contribution in [0.4, 0.5) is 0 Å². The molecular formula is C48H30O6S4. The lowest BCUT2D eigenvalue weighted by molar-refractivity contribution is 0.0681. The van der Waals surface area contributed by atoms with E-state index in [0.717, 1.165) is 83.0 Å². The highest BCUT2D eigenvalue weighted by Crippen LogP contribution is 2.53. The second-order valence-electron chi connectivity index (χ2n) is 13.7. The van der Waals surface area contributed by atoms with Gasteiger partial charge in [0, 0.05) is 61.4 Å². The Kier molecular flexibility index (Phi) is 9.57. The van der Waals surface area contributed by atoms with Gasteiger partial charge in [0.15, 0.2) is 0 Å². The predicted octanol–water partition coefficient (Wildman–Crippen LogP) is 13.4. The standard InChI is InChI=1S/C48H30O6S4/c49-47(50)33-15-7-19-39-45(33)57-43-29(11-5-17-37(43)55-39)25-53-35-23-21-27-9-1-3-13-31(27)41(35)42-32-14-4-2-10-28(32)22-24-36(42)54-26-30-12-6-18-38-44(30)58-46-34(48(51)52)16-8-20-40(46)56-38/h1-24H,25-26H2,(H,49,50)(H,51,52). The van der Waals surface area contributed by atoms with Crippen molar-refractivity contribution in [1.82, 2.24) is 0 Å². The molecule has 0 radical (unpaired) electrons. The Morgan fingerprint density at radius 3 is 1.24 bits per heavy atom. The summed E-state index contributed by atoms with van der Waals surface area (Å²) in [5.74, 6) is -0.504. The molecule has 0 amide bonds. The molecular weight excluding hydrogens is 801 g/mol. The van der Waals surface area contributed by atoms with E-state index >= 15 is 0 Å². The van der Waals surface area contributed by atoms with Gasteiger partial charge >= 0.3 is 11.9 Å². The van der Waals surface area contributed by atoms with Gasteiger partial charge in [-0.3, -0.25) is 0 Å². The largest absolute Gasteiger partial charge is 0.488 e. The predicted molar refractivity (Wildman–Crippen MR) is 232 cm³/mol. The minimum Gasteiger partial charge on any atom is -0.488 e. The van der Waals surface area contributed by atoms with Crippen molar-refractivity contribution in [3.8, 4) is 22.6 Å². The van der Waals surface area contributed by atoms with Crippen molar-refractivity contribution in [2.75, 3.05) is 0 Å². The van der Waals surface area contributed by atoms with Crippen LogP contribution < -0.4 is 9.47 Å². The van der Waals surface area contributed by atoms with E-state index in [1.807, 2.05) is 72.8 Å². The molecule has 0 saturated heterocycles. The number of carboxylic acid groups (broad SMARTS) is 2. The molecule has 10 heteroatoms. The molecule has 8 aromatic rings. The maximum Gasteiger partial charge on any atom is 0.336 e. The SMILES string of the molecule is O=C(O)c1cccc2c1Sc1c(COc3ccc4ccccc4c3-c3c(OCc4cccc5c4Sc4c(cccc4C(=O)O)S5)ccc4ccccc34)cccc1S2. The fourth-order valence-corrected chi connectivity index (χ4v) is 12.5. The zero-order valence-corrected chi connectivity index (χ0v) is 33.7. The Morgan fingerprint density at radius 1 is 0.414 bits per heavy atom. The van der Waals surface area contributed by atoms with Crippen molar-refractivity contribution in [3.05, 3.63) is 168 Å². The molecule has 0 aliphatic carbocycles. The zero-order chi connectivity index (χ0) is 39.3. The molecule has 0 aromatic heterocycles. The van der Waals surface area contributed by atoms with Crippen molar-refractivity contribution in [2.45, 2.75) is 52.4 Å². The first-order valence-electron chi connectivity index (χ1n) is 18.4. The molecule has 0 atom stereocenters. The first-order valence-corrected chi connectivity index (χ1v) is 21.6. The van der Waals surface area contributed by atoms with Crippen LogP contribution in [0, 0.1) is 0 Å². The van der Waals surface area contributed by atoms with E-state index in [1.165, 1.54) is 23.5 Å². The molecule has 2 N–H and O–H groups in total. The number of ether oxygens (including phenoxy) is 2. The minimum atomic E-state index is -0.946. The summed E-state index contributed by atoms with van der Waals surface area (Å²) in [4.78, 5) is 31.8. The molecule has 2 aliphatic heterocycles. The summed E-state index contributed by atoms with van der Waals surface area (Å²) in [7, 11) is 0. The maximum absolute atomic E-state index is 12.2. The molecule has 58 heavy (non-hydrogen) atoms. The fourth-order valence-electron chi connectivity index (χ4n) is 7.49. The van der Waals surface area contributed by atoms with E-state index in [1.54, 1.807) is 47.8 Å². The highest BCUT2D eigenvalue weighted by atomic mass is 32.2. The first-order chi connectivity index (χ1) is 28.4. The summed E-state index contributed by atoms with van der Waals surface area (Å²) >= 11 is 6.13. The lowest BCUT2D eigenvalue weighted by atomic mass is 9.92. The van der Waals surface area contributed by atoms with E-state index < -0.39 is 11.9 Å². The molecule has 2 heterocycles. The lowest BCUT2D eigenvalue weighted by Crippen LogP contribution is -2.06. The fraction of sp³-hybridized carbons (Fsp3) is 0.0417. The number of aromatic carboxylic acids is 2. The third-order valence-electron chi connectivity index (χ3n) is 10.2. The van der Waals surface area contributed by atoms with Gasteiger partial charge in [-0.15, -0.1) is 0 Å². The molecule has 0 bridgehead atoms. The monoisotopic (exact) mass is 830 g/mol. The van der Waals surface area contributed by atoms with Crippen LogP contribution in [0.15, 0.2) is 185 Å². The van der Waals surface area contributed by atoms with Gasteiger partial charge in [0.1, 0.15) is 24.7 Å². The number of carboxylic acids is 2. The summed E-state index contributed by atoms with van der Waals surface area (Å²) in [5, 5.41) is 24.1. The van der Waals surface area contributed by atoms with Crippen LogP contribution in [0.5, 0.6) is 11.5 Å². The summed E-state index contributed by atoms with van der Waals surface area (Å²) in [5.41, 5.74) is 4.34. The average Bonchev–Trinajstić information content (AvgIpc) is 3.25. The van der Waals surface area contributed by atoms with Crippen molar-refractivity contribution in [3.63, 3.8) is 0 Å². The van der Waals surface area contributed by atoms with Crippen molar-refractivity contribution >= 4 is 80.5 Å². The van der Waals surface area contributed by atoms with Crippen LogP contribution in [0.3, 0.4) is 0 Å². The number of hydrogen-bond donors (Lipinski definition) is 2. The third-order valence-corrected chi connectivity index (χ3v) is 15.6. The number of carbonyl (C=O) groups is 2. The van der Waals surface area contributed by atoms with Crippen LogP contribution in [-0.4, -0.2) is 22.2 Å². The van der Waals surface area contributed by atoms with Crippen LogP contribution in [0.1, 0.15) is 31.8 Å². The normalized spacial score (nSPS) is 12.6. The maximum atomic E-state index is 12.2. The smallest absolute Gasteiger partial charge is 0.336 e. The van der Waals surface area contributed by atoms with Gasteiger partial charge in [-0.2, -0.15) is 0 Å². The Labute approximate surface area is 350 Å². The van der Waals surface area contributed by atoms with Crippen LogP contribution in [0.25, 0.3) is 32.7 Å². The second-order valence-corrected chi connectivity index (χ2v) is 17.9. The molecule has 2 aliphatic rings. The van der Waals surface area contributed by atoms with E-state index in [0.29, 0.717) is 22.6 Å². The minimum absolute atomic E-state index is 0.262. The zero-order valence-electron chi connectivity index (χ0n) is 30.4. The van der Waals surface area contributed by atoms with Gasteiger partial charge in [-0.1, -0.05) is 144 Å². The lowest BCUT2D eigenvalue weighted by Gasteiger charge is -2.24. The quantitative estimate of drug-likeness (QED) is 0.146. The van der Waals surface area contributed by atoms with Gasteiger partial charge < -0.3 is 19.7 Å². The van der Waals surface area contributed by atoms with Gasteiger partial charge in [-0.05, 0) is 70.1 Å². The van der Waals surface area contributed by atoms with Gasteiger partial charge in [0.05, 0.1) is 11.1 Å². The summed E-state index contributed by atoms with van der Waals surface area (Å²) in [6.07, 6.45) is 0. The number of rotatable bonds is 9. The molecule has 282 valence electrons. The summed E-state index contributed by atoms with van der Waals surface area (Å²) in [6.45, 7) is 0.525. The summed E-state index contributed by atoms with van der Waals surface area (Å²) < 4.78 is 13.7. The van der Waals surface area contributed by atoms with Crippen LogP contribution in [0.2, 0.25) is 0 Å². The molecule has 0 saturated carbocycles. The average molecular weight is 831 g/mol. The summed E-state index contributed by atoms with van der Waals surface area (Å²) in [6, 6.07) is 47.9. The molecule has 10 rings (SSSR count). The highest BCUT2D eigenvalue weighted by Gasteiger charge is 2.27. The molecule has 0 unspecified atom stereocenters. The highest BCUT2D eigenvalue weighted by molar-refractivity contribution is 8.05. The van der Waals surface area contributed by atoms with Crippen molar-refractivity contribution < 1.29 is 29.3 Å². The van der Waals surface area contributed by atoms with E-state index in [-0.39, 0.29) is 13.2 Å². The molecule has 0 fully saturated rings. The Bertz CT molecular complexity index is 2800. The van der Waals surface area contributed by atoms with Crippen molar-refractivity contribution in [1.29, 1.82) is 0 Å². The number of benzene rings is 8. The topological polar surface area (TPSA) is 93.1 Å². The van der Waals surface area contributed by atoms with Crippen LogP contribution in [-0.2, 0) is 13.2 Å². The van der Waals surface area contributed by atoms with Crippen molar-refractivity contribution in [2.24, 2.45) is 0 Å². The third kappa shape index (κ3) is 6.56. The van der Waals surface area contributed by atoms with Gasteiger partial charge in [0.25, 0.3) is 0 Å². The first kappa shape index (κ1) is 36.6. The van der Waals surface area contributed by atoms with E-state index in [9.17, 15) is 19.8 Å². The number of hydrogen-bond acceptors (Lipinski definition) is 8. The van der Waals surface area contributed by atoms with Gasteiger partial charge in [-0.25, -0.2) is 9.59 Å². The van der Waals surface area contributed by atoms with Gasteiger partial charge in [0.2, 0.25) is 0 Å². The Hall–Kier alpha value is -5.78. The Balaban J connectivity index is 1.04.